The summed E-state index contributed by atoms with van der Waals surface area (Å²) in [7, 11) is -2.22. The molecule has 3 aromatic carbocycles. The Kier molecular flexibility index (Phi) is 7.57. The van der Waals surface area contributed by atoms with Gasteiger partial charge in [0.1, 0.15) is 0 Å². The average Bonchev–Trinajstić information content (AvgIpc) is 2.82. The highest BCUT2D eigenvalue weighted by Gasteiger charge is 2.18. The molecule has 0 atom stereocenters. The zero-order valence-corrected chi connectivity index (χ0v) is 19.0. The van der Waals surface area contributed by atoms with Crippen LogP contribution in [0.2, 0.25) is 0 Å². The van der Waals surface area contributed by atoms with Gasteiger partial charge in [0, 0.05) is 5.56 Å². The van der Waals surface area contributed by atoms with Gasteiger partial charge in [-0.2, -0.15) is 5.10 Å². The number of rotatable bonds is 8. The minimum atomic E-state index is -3.52. The number of hydrogen-bond donors (Lipinski definition) is 1. The van der Waals surface area contributed by atoms with Gasteiger partial charge in [0.15, 0.2) is 0 Å². The summed E-state index contributed by atoms with van der Waals surface area (Å²) in [6, 6.07) is 22.0. The first kappa shape index (κ1) is 23.7. The normalized spacial score (nSPS) is 11.2. The number of benzene rings is 3. The van der Waals surface area contributed by atoms with Crippen molar-refractivity contribution in [1.29, 1.82) is 0 Å². The predicted molar refractivity (Wildman–Crippen MR) is 127 cm³/mol. The quantitative estimate of drug-likeness (QED) is 0.312. The van der Waals surface area contributed by atoms with Crippen LogP contribution in [0.1, 0.15) is 31.8 Å². The van der Waals surface area contributed by atoms with Crippen molar-refractivity contribution in [2.24, 2.45) is 5.10 Å². The molecule has 170 valence electrons. The van der Waals surface area contributed by atoms with E-state index in [9.17, 15) is 18.0 Å². The third kappa shape index (κ3) is 6.50. The maximum atomic E-state index is 12.4. The molecule has 0 aliphatic heterocycles. The molecule has 0 spiro atoms. The molecule has 9 heteroatoms. The zero-order chi connectivity index (χ0) is 23.8. The van der Waals surface area contributed by atoms with Gasteiger partial charge in [-0.15, -0.1) is 0 Å². The van der Waals surface area contributed by atoms with Crippen LogP contribution in [0.3, 0.4) is 0 Å². The minimum Gasteiger partial charge on any atom is -0.465 e. The zero-order valence-electron chi connectivity index (χ0n) is 18.1. The van der Waals surface area contributed by atoms with Gasteiger partial charge in [-0.05, 0) is 47.5 Å². The summed E-state index contributed by atoms with van der Waals surface area (Å²) in [4.78, 5) is 23.8. The molecule has 0 aliphatic rings. The summed E-state index contributed by atoms with van der Waals surface area (Å²) in [6.45, 7) is 0.185. The van der Waals surface area contributed by atoms with Crippen molar-refractivity contribution in [3.63, 3.8) is 0 Å². The Labute approximate surface area is 192 Å². The van der Waals surface area contributed by atoms with E-state index in [1.807, 2.05) is 30.3 Å². The number of hydrogen-bond acceptors (Lipinski definition) is 6. The van der Waals surface area contributed by atoms with E-state index in [0.29, 0.717) is 22.4 Å². The fraction of sp³-hybridized carbons (Fsp3) is 0.125. The van der Waals surface area contributed by atoms with Crippen molar-refractivity contribution >= 4 is 33.8 Å². The van der Waals surface area contributed by atoms with Gasteiger partial charge in [-0.1, -0.05) is 42.5 Å². The van der Waals surface area contributed by atoms with E-state index in [1.54, 1.807) is 36.4 Å². The number of amides is 1. The van der Waals surface area contributed by atoms with Gasteiger partial charge in [-0.3, -0.25) is 9.10 Å². The Morgan fingerprint density at radius 1 is 0.939 bits per heavy atom. The molecular formula is C24H23N3O5S. The Balaban J connectivity index is 1.66. The Bertz CT molecular complexity index is 1240. The van der Waals surface area contributed by atoms with Gasteiger partial charge in [0.2, 0.25) is 10.0 Å². The standard InChI is InChI=1S/C24H23N3O5S/c1-32-24(29)21-10-8-18(9-11-21)16-25-26-23(28)20-12-14-22(15-13-20)27(33(2,30)31)17-19-6-4-3-5-7-19/h3-16H,17H2,1-2H3,(H,26,28)/b25-16-. The van der Waals surface area contributed by atoms with Crippen molar-refractivity contribution in [2.75, 3.05) is 17.7 Å². The van der Waals surface area contributed by atoms with Crippen LogP contribution >= 0.6 is 0 Å². The van der Waals surface area contributed by atoms with Gasteiger partial charge < -0.3 is 4.74 Å². The van der Waals surface area contributed by atoms with E-state index in [1.165, 1.54) is 29.8 Å². The van der Waals surface area contributed by atoms with Crippen LogP contribution in [-0.2, 0) is 21.3 Å². The summed E-state index contributed by atoms with van der Waals surface area (Å²) >= 11 is 0. The van der Waals surface area contributed by atoms with Crippen LogP contribution in [0.5, 0.6) is 0 Å². The van der Waals surface area contributed by atoms with Crippen LogP contribution in [0.15, 0.2) is 84.0 Å². The molecule has 0 aliphatic carbocycles. The molecular weight excluding hydrogens is 442 g/mol. The SMILES string of the molecule is COC(=O)c1ccc(/C=N\NC(=O)c2ccc(N(Cc3ccccc3)S(C)(=O)=O)cc2)cc1. The second-order valence-electron chi connectivity index (χ2n) is 7.11. The number of anilines is 1. The van der Waals surface area contributed by atoms with Crippen molar-refractivity contribution in [2.45, 2.75) is 6.54 Å². The average molecular weight is 466 g/mol. The first-order chi connectivity index (χ1) is 15.8. The molecule has 33 heavy (non-hydrogen) atoms. The number of nitrogens with zero attached hydrogens (tertiary/aromatic N) is 2. The second-order valence-corrected chi connectivity index (χ2v) is 9.02. The molecule has 3 rings (SSSR count). The lowest BCUT2D eigenvalue weighted by molar-refractivity contribution is 0.0600. The van der Waals surface area contributed by atoms with Crippen molar-refractivity contribution in [3.05, 3.63) is 101 Å². The number of ether oxygens (including phenoxy) is 1. The Hall–Kier alpha value is -3.98. The van der Waals surface area contributed by atoms with E-state index in [-0.39, 0.29) is 6.54 Å². The Morgan fingerprint density at radius 2 is 1.55 bits per heavy atom. The largest absolute Gasteiger partial charge is 0.465 e. The molecule has 1 amide bonds. The third-order valence-electron chi connectivity index (χ3n) is 4.70. The molecule has 1 N–H and O–H groups in total. The van der Waals surface area contributed by atoms with Crippen LogP contribution in [0.25, 0.3) is 0 Å². The summed E-state index contributed by atoms with van der Waals surface area (Å²) in [5.74, 6) is -0.883. The summed E-state index contributed by atoms with van der Waals surface area (Å²) < 4.78 is 30.5. The molecule has 0 bridgehead atoms. The maximum Gasteiger partial charge on any atom is 0.337 e. The molecule has 0 saturated carbocycles. The van der Waals surface area contributed by atoms with E-state index in [4.69, 9.17) is 0 Å². The number of esters is 1. The van der Waals surface area contributed by atoms with Crippen LogP contribution in [0.4, 0.5) is 5.69 Å². The molecule has 0 saturated heterocycles. The minimum absolute atomic E-state index is 0.185. The lowest BCUT2D eigenvalue weighted by atomic mass is 10.1. The lowest BCUT2D eigenvalue weighted by Crippen LogP contribution is -2.29. The highest BCUT2D eigenvalue weighted by molar-refractivity contribution is 7.92. The number of nitrogens with one attached hydrogen (secondary N) is 1. The molecule has 8 nitrogen and oxygen atoms in total. The van der Waals surface area contributed by atoms with Crippen LogP contribution < -0.4 is 9.73 Å². The summed E-state index contributed by atoms with van der Waals surface area (Å²) in [6.07, 6.45) is 2.58. The van der Waals surface area contributed by atoms with Crippen molar-refractivity contribution < 1.29 is 22.7 Å². The molecule has 0 unspecified atom stereocenters. The topological polar surface area (TPSA) is 105 Å². The summed E-state index contributed by atoms with van der Waals surface area (Å²) in [5.41, 5.74) is 5.14. The Morgan fingerprint density at radius 3 is 2.12 bits per heavy atom. The summed E-state index contributed by atoms with van der Waals surface area (Å²) in [5, 5.41) is 3.92. The van der Waals surface area contributed by atoms with Crippen LogP contribution in [-0.4, -0.2) is 39.9 Å². The lowest BCUT2D eigenvalue weighted by Gasteiger charge is -2.22. The monoisotopic (exact) mass is 465 g/mol. The highest BCUT2D eigenvalue weighted by Crippen LogP contribution is 2.21. The van der Waals surface area contributed by atoms with Gasteiger partial charge >= 0.3 is 5.97 Å². The molecule has 3 aromatic rings. The number of carbonyl (C=O) groups excluding carboxylic acids is 2. The third-order valence-corrected chi connectivity index (χ3v) is 5.84. The number of methoxy groups -OCH3 is 1. The number of sulfonamides is 1. The maximum absolute atomic E-state index is 12.4. The first-order valence-electron chi connectivity index (χ1n) is 9.91. The predicted octanol–water partition coefficient (Wildman–Crippen LogP) is 3.20. The second kappa shape index (κ2) is 10.6. The molecule has 0 aromatic heterocycles. The molecule has 0 fully saturated rings. The van der Waals surface area contributed by atoms with E-state index >= 15 is 0 Å². The van der Waals surface area contributed by atoms with E-state index in [0.717, 1.165) is 11.8 Å². The van der Waals surface area contributed by atoms with Crippen LogP contribution in [0, 0.1) is 0 Å². The number of hydrazone groups is 1. The van der Waals surface area contributed by atoms with Crippen molar-refractivity contribution in [3.8, 4) is 0 Å². The van der Waals surface area contributed by atoms with Crippen molar-refractivity contribution in [1.82, 2.24) is 5.43 Å². The molecule has 0 heterocycles. The van der Waals surface area contributed by atoms with Gasteiger partial charge in [0.25, 0.3) is 5.91 Å². The highest BCUT2D eigenvalue weighted by atomic mass is 32.2. The smallest absolute Gasteiger partial charge is 0.337 e. The van der Waals surface area contributed by atoms with E-state index in [2.05, 4.69) is 15.3 Å². The fourth-order valence-corrected chi connectivity index (χ4v) is 3.87. The molecule has 0 radical (unpaired) electrons. The first-order valence-corrected chi connectivity index (χ1v) is 11.8. The van der Waals surface area contributed by atoms with E-state index < -0.39 is 21.9 Å². The van der Waals surface area contributed by atoms with Gasteiger partial charge in [0.05, 0.1) is 37.4 Å². The fourth-order valence-electron chi connectivity index (χ4n) is 2.98. The number of carbonyl (C=O) groups is 2. The van der Waals surface area contributed by atoms with Gasteiger partial charge in [-0.25, -0.2) is 18.6 Å².